The number of nitrogens with one attached hydrogen (secondary N) is 1. The van der Waals surface area contributed by atoms with Crippen LogP contribution in [0, 0.1) is 0 Å². The Hall–Kier alpha value is -2.52. The van der Waals surface area contributed by atoms with Crippen molar-refractivity contribution in [2.75, 3.05) is 18.9 Å². The largest absolute Gasteiger partial charge is 0.472 e. The van der Waals surface area contributed by atoms with E-state index in [-0.39, 0.29) is 17.0 Å². The molecule has 6 rings (SSSR count). The third kappa shape index (κ3) is 5.47. The number of aliphatic hydroxyl groups excluding tert-OH is 2. The van der Waals surface area contributed by atoms with Crippen LogP contribution in [0.1, 0.15) is 12.5 Å². The van der Waals surface area contributed by atoms with E-state index in [0.717, 1.165) is 23.2 Å². The van der Waals surface area contributed by atoms with Gasteiger partial charge in [0, 0.05) is 12.3 Å². The highest BCUT2D eigenvalue weighted by Gasteiger charge is 2.53. The monoisotopic (exact) mass is 651 g/mol. The van der Waals surface area contributed by atoms with Crippen molar-refractivity contribution in [3.8, 4) is 0 Å². The van der Waals surface area contributed by atoms with E-state index in [1.807, 2.05) is 4.98 Å². The first kappa shape index (κ1) is 29.5. The summed E-state index contributed by atoms with van der Waals surface area (Å²) >= 11 is 3.96. The Morgan fingerprint density at radius 3 is 2.31 bits per heavy atom. The molecule has 3 aliphatic rings. The van der Waals surface area contributed by atoms with Gasteiger partial charge >= 0.3 is 20.3 Å². The maximum Gasteiger partial charge on any atom is 0.472 e. The minimum absolute atomic E-state index is 0.0356. The number of aromatic amines is 1. The fraction of sp³-hybridized carbons (Fsp3) is 0.526. The molecule has 4 bridgehead atoms. The van der Waals surface area contributed by atoms with Gasteiger partial charge in [0.2, 0.25) is 0 Å². The van der Waals surface area contributed by atoms with Crippen LogP contribution in [0.4, 0.5) is 5.82 Å². The van der Waals surface area contributed by atoms with Crippen LogP contribution in [-0.4, -0.2) is 94.0 Å². The van der Waals surface area contributed by atoms with Crippen molar-refractivity contribution in [2.24, 2.45) is 0 Å². The fourth-order valence-corrected chi connectivity index (χ4v) is 7.17. The number of nitrogens with two attached hydrogens (primary N) is 1. The predicted molar refractivity (Wildman–Crippen MR) is 139 cm³/mol. The minimum Gasteiger partial charge on any atom is -0.387 e. The zero-order chi connectivity index (χ0) is 30.0. The van der Waals surface area contributed by atoms with Crippen LogP contribution < -0.4 is 17.0 Å². The number of hydrogen-bond donors (Lipinski definition) is 6. The molecule has 3 aromatic heterocycles. The molecule has 3 fully saturated rings. The lowest BCUT2D eigenvalue weighted by atomic mass is 10.1. The zero-order valence-electron chi connectivity index (χ0n) is 20.9. The van der Waals surface area contributed by atoms with E-state index in [1.54, 1.807) is 0 Å². The third-order valence-corrected chi connectivity index (χ3v) is 9.33. The summed E-state index contributed by atoms with van der Waals surface area (Å²) in [6.07, 6.45) is -8.86. The normalized spacial score (nSPS) is 39.3. The number of nitrogens with zero attached hydrogens (tertiary/aromatic N) is 5. The number of anilines is 1. The highest BCUT2D eigenvalue weighted by Crippen LogP contribution is 2.58. The van der Waals surface area contributed by atoms with Gasteiger partial charge in [0.15, 0.2) is 23.9 Å². The maximum absolute atomic E-state index is 13.3. The lowest BCUT2D eigenvalue weighted by molar-refractivity contribution is -0.0657. The Balaban J connectivity index is 1.34. The number of H-pyrrole nitrogens is 1. The number of hydrogen-bond acceptors (Lipinski definition) is 16. The van der Waals surface area contributed by atoms with Gasteiger partial charge in [-0.15, -0.1) is 0 Å². The van der Waals surface area contributed by atoms with Gasteiger partial charge in [-0.25, -0.2) is 28.9 Å². The van der Waals surface area contributed by atoms with Crippen LogP contribution in [0.15, 0.2) is 34.5 Å². The Morgan fingerprint density at radius 1 is 0.976 bits per heavy atom. The van der Waals surface area contributed by atoms with Crippen molar-refractivity contribution in [1.82, 2.24) is 29.1 Å². The van der Waals surface area contributed by atoms with E-state index in [4.69, 9.17) is 33.3 Å². The molecule has 3 saturated heterocycles. The summed E-state index contributed by atoms with van der Waals surface area (Å²) in [5.74, 6) is 0.0356. The minimum atomic E-state index is -5.04. The second-order valence-corrected chi connectivity index (χ2v) is 13.7. The van der Waals surface area contributed by atoms with Gasteiger partial charge in [-0.05, 0) is 0 Å². The van der Waals surface area contributed by atoms with E-state index in [9.17, 15) is 33.8 Å². The molecule has 20 nitrogen and oxygen atoms in total. The van der Waals surface area contributed by atoms with E-state index < -0.39 is 88.2 Å². The molecule has 0 radical (unpaired) electrons. The smallest absolute Gasteiger partial charge is 0.387 e. The molecule has 0 saturated carbocycles. The Labute approximate surface area is 238 Å². The lowest BCUT2D eigenvalue weighted by Gasteiger charge is -2.26. The number of imidazole rings is 1. The summed E-state index contributed by atoms with van der Waals surface area (Å²) in [5, 5.41) is 21.9. The first-order valence-electron chi connectivity index (χ1n) is 12.1. The van der Waals surface area contributed by atoms with Crippen LogP contribution in [0.2, 0.25) is 0 Å². The van der Waals surface area contributed by atoms with Gasteiger partial charge in [-0.2, -0.15) is 0 Å². The van der Waals surface area contributed by atoms with Gasteiger partial charge in [-0.1, -0.05) is 12.2 Å². The Bertz CT molecular complexity index is 1720. The van der Waals surface area contributed by atoms with Gasteiger partial charge in [0.1, 0.15) is 48.5 Å². The predicted octanol–water partition coefficient (Wildman–Crippen LogP) is -1.57. The molecule has 0 spiro atoms. The average Bonchev–Trinajstić information content (AvgIpc) is 3.57. The molecule has 6 heterocycles. The van der Waals surface area contributed by atoms with Crippen LogP contribution in [0.25, 0.3) is 11.2 Å². The average molecular weight is 651 g/mol. The number of aromatic nitrogens is 6. The van der Waals surface area contributed by atoms with E-state index in [0.29, 0.717) is 0 Å². The molecule has 3 aromatic rings. The molecule has 0 aliphatic carbocycles. The van der Waals surface area contributed by atoms with Gasteiger partial charge in [0.05, 0.1) is 19.5 Å². The summed E-state index contributed by atoms with van der Waals surface area (Å²) in [6.45, 7) is -5.87. The van der Waals surface area contributed by atoms with Crippen LogP contribution in [-0.2, 0) is 36.7 Å². The topological polar surface area (TPSA) is 275 Å². The molecular weight excluding hydrogens is 628 g/mol. The summed E-state index contributed by atoms with van der Waals surface area (Å²) in [5.41, 5.74) is 4.47. The molecule has 3 aliphatic heterocycles. The second-order valence-electron chi connectivity index (χ2n) is 9.38. The quantitative estimate of drug-likeness (QED) is 0.135. The number of fused-ring (bicyclic) bond motifs is 5. The van der Waals surface area contributed by atoms with Crippen molar-refractivity contribution in [2.45, 2.75) is 49.1 Å². The van der Waals surface area contributed by atoms with E-state index in [2.05, 4.69) is 27.2 Å². The number of phosphoric acid groups is 1. The van der Waals surface area contributed by atoms with Gasteiger partial charge in [-0.3, -0.25) is 37.0 Å². The van der Waals surface area contributed by atoms with Crippen molar-refractivity contribution < 1.29 is 51.8 Å². The lowest BCUT2D eigenvalue weighted by Crippen LogP contribution is -2.39. The summed E-state index contributed by atoms with van der Waals surface area (Å²) in [7, 11) is -5.04. The van der Waals surface area contributed by atoms with Crippen LogP contribution in [0.3, 0.4) is 0 Å². The SMILES string of the molecule is Nc1ncnc2c1ncn2[C@@H]1O[C@@H]2COP(=O)(S)O[C@@H]3[C@H](O)[C@@H](COP(=O)(O)O[C@@H]1[C@@H]2O)O[C@H]3n1ccc(=O)[nH]c1=O. The van der Waals surface area contributed by atoms with Gasteiger partial charge in [0.25, 0.3) is 5.56 Å². The van der Waals surface area contributed by atoms with E-state index >= 15 is 0 Å². The highest BCUT2D eigenvalue weighted by molar-refractivity contribution is 8.44. The third-order valence-electron chi connectivity index (χ3n) is 6.73. The molecule has 2 unspecified atom stereocenters. The first-order chi connectivity index (χ1) is 19.8. The second kappa shape index (κ2) is 10.9. The fourth-order valence-electron chi connectivity index (χ4n) is 4.77. The number of phosphoric ester groups is 1. The number of nitrogen functional groups attached to an aromatic ring is 1. The van der Waals surface area contributed by atoms with Crippen LogP contribution in [0.5, 0.6) is 0 Å². The summed E-state index contributed by atoms with van der Waals surface area (Å²) < 4.78 is 61.1. The summed E-state index contributed by atoms with van der Waals surface area (Å²) in [4.78, 5) is 48.6. The number of rotatable bonds is 2. The van der Waals surface area contributed by atoms with E-state index in [1.165, 1.54) is 10.9 Å². The van der Waals surface area contributed by atoms with Gasteiger partial charge < -0.3 is 30.3 Å². The highest BCUT2D eigenvalue weighted by atomic mass is 32.7. The molecule has 0 aromatic carbocycles. The molecule has 10 atom stereocenters. The van der Waals surface area contributed by atoms with Crippen LogP contribution >= 0.6 is 26.9 Å². The van der Waals surface area contributed by atoms with Crippen molar-refractivity contribution in [3.05, 3.63) is 45.8 Å². The molecular formula is C19H23N7O13P2S. The summed E-state index contributed by atoms with van der Waals surface area (Å²) in [6, 6.07) is 0.989. The number of thiol groups is 1. The standard InChI is InChI=1S/C19H23N7O13P2S/c20-15-10-16(22-5-21-15)26(6-23-10)18-13-11(28)8(37-18)4-35-41(33,42)39-14-12(29)7(3-34-40(31,32)38-13)36-17(14)25-2-1-9(27)24-19(25)30/h1-2,5-8,11-14,17-18,28-29H,3-4H2,(H,31,32)(H,33,42)(H2,20,21,22)(H,24,27,30)/t7-,8-,11-,12-,13-,14-,17-,18-,41?/m1/s1. The Kier molecular flexibility index (Phi) is 7.66. The molecule has 42 heavy (non-hydrogen) atoms. The Morgan fingerprint density at radius 2 is 1.62 bits per heavy atom. The maximum atomic E-state index is 13.3. The molecule has 6 N–H and O–H groups in total. The zero-order valence-corrected chi connectivity index (χ0v) is 23.6. The number of aliphatic hydroxyl groups is 2. The molecule has 23 heteroatoms. The van der Waals surface area contributed by atoms with Crippen molar-refractivity contribution in [3.63, 3.8) is 0 Å². The first-order valence-corrected chi connectivity index (χ1v) is 16.3. The number of ether oxygens (including phenoxy) is 2. The van der Waals surface area contributed by atoms with Crippen molar-refractivity contribution in [1.29, 1.82) is 0 Å². The van der Waals surface area contributed by atoms with Crippen molar-refractivity contribution >= 4 is 43.9 Å². The molecule has 0 amide bonds. The molecule has 228 valence electrons.